The molecule has 0 aromatic heterocycles. The van der Waals surface area contributed by atoms with Crippen molar-refractivity contribution in [2.75, 3.05) is 30.4 Å². The average Bonchev–Trinajstić information content (AvgIpc) is 3.00. The van der Waals surface area contributed by atoms with E-state index in [9.17, 15) is 8.42 Å². The molecule has 0 spiro atoms. The molecular weight excluding hydrogens is 338 g/mol. The van der Waals surface area contributed by atoms with Crippen molar-refractivity contribution in [1.82, 2.24) is 4.90 Å². The lowest BCUT2D eigenvalue weighted by molar-refractivity contribution is 0.398. The molecule has 134 valence electrons. The first-order valence-electron chi connectivity index (χ1n) is 8.48. The quantitative estimate of drug-likeness (QED) is 0.459. The van der Waals surface area contributed by atoms with Crippen LogP contribution in [0, 0.1) is 0 Å². The maximum Gasteiger partial charge on any atom is 0.264 e. The number of hydrogen-bond acceptors (Lipinski definition) is 5. The van der Waals surface area contributed by atoms with Gasteiger partial charge in [-0.2, -0.15) is 13.5 Å². The molecule has 0 bridgehead atoms. The van der Waals surface area contributed by atoms with Crippen LogP contribution in [0.15, 0.2) is 53.3 Å². The van der Waals surface area contributed by atoms with Crippen LogP contribution in [0.4, 0.5) is 5.69 Å². The van der Waals surface area contributed by atoms with Crippen molar-refractivity contribution in [1.29, 1.82) is 0 Å². The molecule has 1 aromatic carbocycles. The first-order chi connectivity index (χ1) is 12.0. The van der Waals surface area contributed by atoms with Crippen molar-refractivity contribution < 1.29 is 13.0 Å². The molecule has 1 aromatic rings. The van der Waals surface area contributed by atoms with Crippen LogP contribution in [0.2, 0.25) is 0 Å². The van der Waals surface area contributed by atoms with Gasteiger partial charge in [0, 0.05) is 19.6 Å². The summed E-state index contributed by atoms with van der Waals surface area (Å²) < 4.78 is 30.1. The van der Waals surface area contributed by atoms with Gasteiger partial charge in [-0.1, -0.05) is 24.3 Å². The fourth-order valence-electron chi connectivity index (χ4n) is 2.98. The van der Waals surface area contributed by atoms with E-state index in [1.54, 1.807) is 0 Å². The lowest BCUT2D eigenvalue weighted by atomic mass is 10.2. The number of nitrogens with zero attached hydrogens (tertiary/aromatic N) is 3. The van der Waals surface area contributed by atoms with Crippen LogP contribution in [0.5, 0.6) is 0 Å². The van der Waals surface area contributed by atoms with Crippen LogP contribution < -0.4 is 5.01 Å². The van der Waals surface area contributed by atoms with Crippen LogP contribution in [0.3, 0.4) is 0 Å². The van der Waals surface area contributed by atoms with E-state index in [0.717, 1.165) is 38.0 Å². The summed E-state index contributed by atoms with van der Waals surface area (Å²) in [5, 5.41) is 6.62. The second kappa shape index (κ2) is 7.84. The smallest absolute Gasteiger partial charge is 0.264 e. The Morgan fingerprint density at radius 2 is 2.08 bits per heavy atom. The number of hydrazone groups is 1. The summed E-state index contributed by atoms with van der Waals surface area (Å²) in [6, 6.07) is 8.33. The molecule has 0 unspecified atom stereocenters. The van der Waals surface area contributed by atoms with Crippen molar-refractivity contribution in [2.24, 2.45) is 5.10 Å². The van der Waals surface area contributed by atoms with Crippen LogP contribution in [-0.2, 0) is 16.5 Å². The maximum absolute atomic E-state index is 10.7. The fourth-order valence-corrected chi connectivity index (χ4v) is 3.55. The third kappa shape index (κ3) is 5.17. The van der Waals surface area contributed by atoms with Gasteiger partial charge in [0.1, 0.15) is 0 Å². The van der Waals surface area contributed by atoms with Crippen molar-refractivity contribution in [3.05, 3.63) is 53.8 Å². The van der Waals surface area contributed by atoms with Crippen molar-refractivity contribution >= 4 is 22.0 Å². The molecule has 2 heterocycles. The Labute approximate surface area is 148 Å². The van der Waals surface area contributed by atoms with Gasteiger partial charge in [0.15, 0.2) is 0 Å². The molecule has 0 saturated heterocycles. The lowest BCUT2D eigenvalue weighted by Gasteiger charge is -2.21. The van der Waals surface area contributed by atoms with Gasteiger partial charge in [-0.25, -0.2) is 0 Å². The summed E-state index contributed by atoms with van der Waals surface area (Å²) in [4.78, 5) is 2.12. The van der Waals surface area contributed by atoms with Gasteiger partial charge < -0.3 is 4.90 Å². The fraction of sp³-hybridized carbons (Fsp3) is 0.389. The van der Waals surface area contributed by atoms with Gasteiger partial charge >= 0.3 is 0 Å². The van der Waals surface area contributed by atoms with E-state index in [1.165, 1.54) is 11.3 Å². The normalized spacial score (nSPS) is 17.2. The molecule has 2 aliphatic rings. The van der Waals surface area contributed by atoms with Gasteiger partial charge in [0.25, 0.3) is 10.1 Å². The van der Waals surface area contributed by atoms with E-state index < -0.39 is 10.1 Å². The van der Waals surface area contributed by atoms with Gasteiger partial charge in [0.05, 0.1) is 17.7 Å². The van der Waals surface area contributed by atoms with E-state index in [1.807, 2.05) is 29.6 Å². The zero-order valence-electron chi connectivity index (χ0n) is 14.1. The van der Waals surface area contributed by atoms with Crippen LogP contribution in [-0.4, -0.2) is 49.5 Å². The second-order valence-electron chi connectivity index (χ2n) is 6.25. The van der Waals surface area contributed by atoms with E-state index in [4.69, 9.17) is 4.55 Å². The molecule has 0 radical (unpaired) electrons. The molecule has 0 fully saturated rings. The lowest BCUT2D eigenvalue weighted by Crippen LogP contribution is -2.22. The Morgan fingerprint density at radius 1 is 1.24 bits per heavy atom. The van der Waals surface area contributed by atoms with E-state index in [2.05, 4.69) is 34.3 Å². The molecule has 6 nitrogen and oxygen atoms in total. The number of anilines is 1. The van der Waals surface area contributed by atoms with Crippen LogP contribution in [0.25, 0.3) is 0 Å². The monoisotopic (exact) mass is 361 g/mol. The third-order valence-corrected chi connectivity index (χ3v) is 5.15. The summed E-state index contributed by atoms with van der Waals surface area (Å²) >= 11 is 0. The molecule has 0 aliphatic carbocycles. The number of hydrogen-bond donors (Lipinski definition) is 1. The standard InChI is InChI=1S/C18H23N3O3S/c22-25(23,24)14-4-3-10-20-11-7-16(8-12-20)15-19-21-13-9-17-5-1-2-6-18(17)21/h1-2,5-8,11,15H,3-4,9-10,12-14H2,(H,22,23,24). The number of para-hydroxylation sites is 1. The van der Waals surface area contributed by atoms with E-state index in [0.29, 0.717) is 6.42 Å². The Hall–Kier alpha value is -2.12. The number of unbranched alkanes of at least 4 members (excludes halogenated alkanes) is 1. The summed E-state index contributed by atoms with van der Waals surface area (Å²) in [6.07, 6.45) is 10.2. The molecular formula is C18H23N3O3S. The van der Waals surface area contributed by atoms with E-state index in [-0.39, 0.29) is 5.75 Å². The zero-order chi connectivity index (χ0) is 17.7. The highest BCUT2D eigenvalue weighted by molar-refractivity contribution is 7.85. The predicted molar refractivity (Wildman–Crippen MR) is 100 cm³/mol. The van der Waals surface area contributed by atoms with E-state index >= 15 is 0 Å². The first-order valence-corrected chi connectivity index (χ1v) is 10.1. The van der Waals surface area contributed by atoms with Crippen molar-refractivity contribution in [3.8, 4) is 0 Å². The van der Waals surface area contributed by atoms with Gasteiger partial charge in [0.2, 0.25) is 0 Å². The summed E-state index contributed by atoms with van der Waals surface area (Å²) in [5.41, 5.74) is 3.59. The average molecular weight is 361 g/mol. The highest BCUT2D eigenvalue weighted by Crippen LogP contribution is 2.27. The first kappa shape index (κ1) is 17.7. The van der Waals surface area contributed by atoms with Crippen molar-refractivity contribution in [3.63, 3.8) is 0 Å². The Morgan fingerprint density at radius 3 is 2.84 bits per heavy atom. The number of fused-ring (bicyclic) bond motifs is 1. The van der Waals surface area contributed by atoms with Gasteiger partial charge in [-0.15, -0.1) is 0 Å². The number of allylic oxidation sites excluding steroid dienone is 2. The van der Waals surface area contributed by atoms with Gasteiger partial charge in [-0.3, -0.25) is 9.56 Å². The predicted octanol–water partition coefficient (Wildman–Crippen LogP) is 2.46. The summed E-state index contributed by atoms with van der Waals surface area (Å²) in [6.45, 7) is 2.46. The molecule has 1 N–H and O–H groups in total. The molecule has 7 heteroatoms. The molecule has 2 aliphatic heterocycles. The number of benzene rings is 1. The molecule has 0 atom stereocenters. The summed E-state index contributed by atoms with van der Waals surface area (Å²) in [5.74, 6) is -0.171. The SMILES string of the molecule is O=S(=O)(O)CCCCN1C=CC(C=NN2CCc3ccccc32)=CC1. The number of rotatable bonds is 7. The van der Waals surface area contributed by atoms with Gasteiger partial charge in [-0.05, 0) is 48.7 Å². The Kier molecular flexibility index (Phi) is 5.55. The minimum absolute atomic E-state index is 0.171. The molecule has 0 saturated carbocycles. The minimum Gasteiger partial charge on any atom is -0.374 e. The van der Waals surface area contributed by atoms with Crippen LogP contribution >= 0.6 is 0 Å². The second-order valence-corrected chi connectivity index (χ2v) is 7.83. The molecule has 0 amide bonds. The molecule has 3 rings (SSSR count). The van der Waals surface area contributed by atoms with Crippen LogP contribution in [0.1, 0.15) is 18.4 Å². The maximum atomic E-state index is 10.7. The Balaban J connectivity index is 1.45. The highest BCUT2D eigenvalue weighted by atomic mass is 32.2. The zero-order valence-corrected chi connectivity index (χ0v) is 14.9. The van der Waals surface area contributed by atoms with Crippen molar-refractivity contribution in [2.45, 2.75) is 19.3 Å². The minimum atomic E-state index is -3.84. The summed E-state index contributed by atoms with van der Waals surface area (Å²) in [7, 11) is -3.84. The largest absolute Gasteiger partial charge is 0.374 e. The topological polar surface area (TPSA) is 73.2 Å². The third-order valence-electron chi connectivity index (χ3n) is 4.35. The Bertz CT molecular complexity index is 800. The molecule has 25 heavy (non-hydrogen) atoms. The highest BCUT2D eigenvalue weighted by Gasteiger charge is 2.17.